The lowest BCUT2D eigenvalue weighted by Crippen LogP contribution is -2.52. The second-order valence-corrected chi connectivity index (χ2v) is 7.61. The Hall–Kier alpha value is -1.14. The first-order valence-electron chi connectivity index (χ1n) is 9.47. The molecular formula is C18H31N3O3. The van der Waals surface area contributed by atoms with Gasteiger partial charge in [0.15, 0.2) is 0 Å². The molecule has 3 aliphatic heterocycles. The quantitative estimate of drug-likeness (QED) is 0.770. The van der Waals surface area contributed by atoms with Crippen LogP contribution in [0.2, 0.25) is 0 Å². The molecule has 0 unspecified atom stereocenters. The minimum Gasteiger partial charge on any atom is -0.376 e. The van der Waals surface area contributed by atoms with Crippen LogP contribution in [0.5, 0.6) is 0 Å². The lowest BCUT2D eigenvalue weighted by molar-refractivity contribution is -0.142. The van der Waals surface area contributed by atoms with Crippen molar-refractivity contribution in [1.29, 1.82) is 0 Å². The van der Waals surface area contributed by atoms with Gasteiger partial charge in [0.1, 0.15) is 0 Å². The van der Waals surface area contributed by atoms with E-state index >= 15 is 0 Å². The number of amides is 2. The topological polar surface area (TPSA) is 53.1 Å². The van der Waals surface area contributed by atoms with Crippen molar-refractivity contribution < 1.29 is 14.3 Å². The van der Waals surface area contributed by atoms with Gasteiger partial charge in [-0.1, -0.05) is 0 Å². The van der Waals surface area contributed by atoms with Gasteiger partial charge in [0.2, 0.25) is 11.8 Å². The number of carbonyl (C=O) groups is 2. The maximum atomic E-state index is 12.6. The maximum Gasteiger partial charge on any atom is 0.236 e. The van der Waals surface area contributed by atoms with E-state index in [1.54, 1.807) is 0 Å². The maximum absolute atomic E-state index is 12.6. The summed E-state index contributed by atoms with van der Waals surface area (Å²) in [6, 6.07) is 0.291. The summed E-state index contributed by atoms with van der Waals surface area (Å²) in [5.74, 6) is 0.632. The Morgan fingerprint density at radius 1 is 1.00 bits per heavy atom. The van der Waals surface area contributed by atoms with Crippen molar-refractivity contribution in [3.05, 3.63) is 0 Å². The number of rotatable bonds is 3. The van der Waals surface area contributed by atoms with Gasteiger partial charge in [-0.3, -0.25) is 14.5 Å². The molecule has 24 heavy (non-hydrogen) atoms. The molecule has 0 N–H and O–H groups in total. The predicted octanol–water partition coefficient (Wildman–Crippen LogP) is 0.957. The highest BCUT2D eigenvalue weighted by Gasteiger charge is 2.32. The fourth-order valence-corrected chi connectivity index (χ4v) is 4.04. The van der Waals surface area contributed by atoms with Crippen LogP contribution in [0.25, 0.3) is 0 Å². The third kappa shape index (κ3) is 4.09. The summed E-state index contributed by atoms with van der Waals surface area (Å²) in [6.07, 6.45) is 4.10. The summed E-state index contributed by atoms with van der Waals surface area (Å²) in [4.78, 5) is 31.3. The molecule has 0 spiro atoms. The molecule has 0 aromatic heterocycles. The van der Waals surface area contributed by atoms with E-state index < -0.39 is 0 Å². The lowest BCUT2D eigenvalue weighted by atomic mass is 9.95. The fraction of sp³-hybridized carbons (Fsp3) is 0.889. The van der Waals surface area contributed by atoms with Gasteiger partial charge in [0.25, 0.3) is 0 Å². The van der Waals surface area contributed by atoms with Crippen LogP contribution in [0.4, 0.5) is 0 Å². The first-order valence-corrected chi connectivity index (χ1v) is 9.47. The van der Waals surface area contributed by atoms with Crippen molar-refractivity contribution in [2.45, 2.75) is 51.7 Å². The number of hydrogen-bond acceptors (Lipinski definition) is 4. The lowest BCUT2D eigenvalue weighted by Gasteiger charge is -2.38. The normalized spacial score (nSPS) is 29.9. The number of ether oxygens (including phenoxy) is 1. The zero-order valence-corrected chi connectivity index (χ0v) is 15.1. The Morgan fingerprint density at radius 3 is 2.33 bits per heavy atom. The standard InChI is InChI=1S/C18H31N3O3/c1-14-13-24-15(2)11-21(14)12-17(22)19-9-5-16(6-10-19)18(23)20-7-3-4-8-20/h14-16H,3-13H2,1-2H3/t14-,15-/m1/s1. The highest BCUT2D eigenvalue weighted by molar-refractivity contribution is 5.81. The molecule has 3 rings (SSSR count). The Labute approximate surface area is 145 Å². The molecule has 3 heterocycles. The number of morpholine rings is 1. The number of carbonyl (C=O) groups excluding carboxylic acids is 2. The molecule has 2 amide bonds. The third-order valence-corrected chi connectivity index (χ3v) is 5.69. The van der Waals surface area contributed by atoms with Gasteiger partial charge >= 0.3 is 0 Å². The second kappa shape index (κ2) is 7.83. The Bertz CT molecular complexity index is 456. The highest BCUT2D eigenvalue weighted by atomic mass is 16.5. The van der Waals surface area contributed by atoms with Gasteiger partial charge in [0, 0.05) is 44.7 Å². The molecule has 3 saturated heterocycles. The van der Waals surface area contributed by atoms with E-state index in [0.717, 1.165) is 58.4 Å². The van der Waals surface area contributed by atoms with Crippen molar-refractivity contribution in [3.8, 4) is 0 Å². The van der Waals surface area contributed by atoms with Crippen LogP contribution in [0.1, 0.15) is 39.5 Å². The average Bonchev–Trinajstić information content (AvgIpc) is 3.12. The molecule has 3 fully saturated rings. The van der Waals surface area contributed by atoms with Crippen LogP contribution in [-0.2, 0) is 14.3 Å². The first kappa shape index (κ1) is 17.7. The van der Waals surface area contributed by atoms with E-state index in [1.165, 1.54) is 0 Å². The second-order valence-electron chi connectivity index (χ2n) is 7.61. The summed E-state index contributed by atoms with van der Waals surface area (Å²) < 4.78 is 5.63. The number of hydrogen-bond donors (Lipinski definition) is 0. The van der Waals surface area contributed by atoms with Crippen LogP contribution in [0.15, 0.2) is 0 Å². The van der Waals surface area contributed by atoms with E-state index in [-0.39, 0.29) is 17.9 Å². The van der Waals surface area contributed by atoms with Crippen LogP contribution < -0.4 is 0 Å². The summed E-state index contributed by atoms with van der Waals surface area (Å²) in [5.41, 5.74) is 0. The largest absolute Gasteiger partial charge is 0.376 e. The zero-order valence-electron chi connectivity index (χ0n) is 15.1. The van der Waals surface area contributed by atoms with E-state index in [0.29, 0.717) is 25.1 Å². The van der Waals surface area contributed by atoms with Gasteiger partial charge in [-0.2, -0.15) is 0 Å². The number of likely N-dealkylation sites (tertiary alicyclic amines) is 2. The van der Waals surface area contributed by atoms with Crippen LogP contribution in [0, 0.1) is 5.92 Å². The third-order valence-electron chi connectivity index (χ3n) is 5.69. The molecule has 0 bridgehead atoms. The molecule has 0 aromatic rings. The molecular weight excluding hydrogens is 306 g/mol. The predicted molar refractivity (Wildman–Crippen MR) is 91.6 cm³/mol. The monoisotopic (exact) mass is 337 g/mol. The fourth-order valence-electron chi connectivity index (χ4n) is 4.04. The van der Waals surface area contributed by atoms with Crippen molar-refractivity contribution in [2.75, 3.05) is 45.9 Å². The Morgan fingerprint density at radius 2 is 1.67 bits per heavy atom. The van der Waals surface area contributed by atoms with E-state index in [2.05, 4.69) is 18.7 Å². The highest BCUT2D eigenvalue weighted by Crippen LogP contribution is 2.22. The van der Waals surface area contributed by atoms with Crippen LogP contribution in [0.3, 0.4) is 0 Å². The minimum atomic E-state index is 0.120. The van der Waals surface area contributed by atoms with E-state index in [1.807, 2.05) is 9.80 Å². The molecule has 6 nitrogen and oxygen atoms in total. The number of piperidine rings is 1. The van der Waals surface area contributed by atoms with Crippen molar-refractivity contribution >= 4 is 11.8 Å². The molecule has 0 aromatic carbocycles. The van der Waals surface area contributed by atoms with E-state index in [9.17, 15) is 9.59 Å². The molecule has 6 heteroatoms. The number of nitrogens with zero attached hydrogens (tertiary/aromatic N) is 3. The summed E-state index contributed by atoms with van der Waals surface area (Å²) in [6.45, 7) is 9.43. The molecule has 136 valence electrons. The Balaban J connectivity index is 1.45. The molecule has 3 aliphatic rings. The summed E-state index contributed by atoms with van der Waals surface area (Å²) in [7, 11) is 0. The first-order chi connectivity index (χ1) is 11.5. The minimum absolute atomic E-state index is 0.120. The smallest absolute Gasteiger partial charge is 0.236 e. The van der Waals surface area contributed by atoms with Crippen LogP contribution in [-0.4, -0.2) is 84.5 Å². The van der Waals surface area contributed by atoms with Crippen molar-refractivity contribution in [2.24, 2.45) is 5.92 Å². The van der Waals surface area contributed by atoms with Crippen molar-refractivity contribution in [3.63, 3.8) is 0 Å². The Kier molecular flexibility index (Phi) is 5.76. The average molecular weight is 337 g/mol. The zero-order chi connectivity index (χ0) is 17.1. The molecule has 0 aliphatic carbocycles. The summed E-state index contributed by atoms with van der Waals surface area (Å²) >= 11 is 0. The van der Waals surface area contributed by atoms with Gasteiger partial charge in [0.05, 0.1) is 19.3 Å². The summed E-state index contributed by atoms with van der Waals surface area (Å²) in [5, 5.41) is 0. The molecule has 0 saturated carbocycles. The van der Waals surface area contributed by atoms with Crippen LogP contribution >= 0.6 is 0 Å². The van der Waals surface area contributed by atoms with E-state index in [4.69, 9.17) is 4.74 Å². The van der Waals surface area contributed by atoms with Gasteiger partial charge in [-0.15, -0.1) is 0 Å². The van der Waals surface area contributed by atoms with Gasteiger partial charge in [-0.05, 0) is 39.5 Å². The SMILES string of the molecule is C[C@@H]1CN(CC(=O)N2CCC(C(=O)N3CCCC3)CC2)[C@H](C)CO1. The molecule has 0 radical (unpaired) electrons. The van der Waals surface area contributed by atoms with Crippen molar-refractivity contribution in [1.82, 2.24) is 14.7 Å². The van der Waals surface area contributed by atoms with Gasteiger partial charge < -0.3 is 14.5 Å². The van der Waals surface area contributed by atoms with Gasteiger partial charge in [-0.25, -0.2) is 0 Å². The molecule has 2 atom stereocenters.